The Labute approximate surface area is 216 Å². The number of benzene rings is 1. The number of Topliss-reactive ketones (excluding diaryl/α,β-unsaturated/α-hetero) is 1. The maximum atomic E-state index is 13.1. The monoisotopic (exact) mass is 512 g/mol. The number of hydrogen-bond donors (Lipinski definition) is 2. The molecule has 0 bridgehead atoms. The van der Waals surface area contributed by atoms with Gasteiger partial charge in [-0.15, -0.1) is 11.3 Å². The van der Waals surface area contributed by atoms with E-state index in [2.05, 4.69) is 40.3 Å². The molecule has 0 saturated carbocycles. The van der Waals surface area contributed by atoms with Crippen LogP contribution in [-0.2, 0) is 15.9 Å². The quantitative estimate of drug-likeness (QED) is 0.612. The summed E-state index contributed by atoms with van der Waals surface area (Å²) in [6.07, 6.45) is 1.44. The van der Waals surface area contributed by atoms with Crippen LogP contribution in [0, 0.1) is 5.41 Å². The van der Waals surface area contributed by atoms with Gasteiger partial charge in [0.1, 0.15) is 0 Å². The van der Waals surface area contributed by atoms with Gasteiger partial charge in [0.05, 0.1) is 36.3 Å². The summed E-state index contributed by atoms with van der Waals surface area (Å²) < 4.78 is 11.0. The van der Waals surface area contributed by atoms with Gasteiger partial charge in [-0.1, -0.05) is 26.0 Å². The number of nitrogens with one attached hydrogen (secondary N) is 2. The molecular weight excluding hydrogens is 476 g/mol. The molecule has 9 heteroatoms. The van der Waals surface area contributed by atoms with E-state index in [0.717, 1.165) is 84.6 Å². The lowest BCUT2D eigenvalue weighted by Gasteiger charge is -2.30. The van der Waals surface area contributed by atoms with E-state index >= 15 is 0 Å². The summed E-state index contributed by atoms with van der Waals surface area (Å²) in [5.74, 6) is 0.237. The van der Waals surface area contributed by atoms with Gasteiger partial charge in [-0.25, -0.2) is 4.79 Å². The molecule has 1 aromatic carbocycles. The highest BCUT2D eigenvalue weighted by Crippen LogP contribution is 2.49. The van der Waals surface area contributed by atoms with E-state index in [1.807, 2.05) is 18.2 Å². The number of morpholine rings is 2. The van der Waals surface area contributed by atoms with Crippen molar-refractivity contribution in [2.45, 2.75) is 26.7 Å². The Morgan fingerprint density at radius 3 is 2.53 bits per heavy atom. The summed E-state index contributed by atoms with van der Waals surface area (Å²) in [5.41, 5.74) is 3.99. The van der Waals surface area contributed by atoms with Gasteiger partial charge in [-0.05, 0) is 35.1 Å². The minimum absolute atomic E-state index is 0.0710. The number of urea groups is 1. The molecule has 0 unspecified atom stereocenters. The van der Waals surface area contributed by atoms with Crippen molar-refractivity contribution < 1.29 is 19.1 Å². The molecule has 2 N–H and O–H groups in total. The standard InChI is InChI=1S/C27H36N4O4S/c1-27(2)17-21-23(25(31-10-14-35-15-11-31)36-24(21)22(32)18-27)19-4-3-5-20(16-19)29-26(33)28-6-7-30-8-12-34-13-9-30/h3-5,16H,6-15,17-18H2,1-2H3,(H2,28,29,33). The second-order valence-corrected chi connectivity index (χ2v) is 11.5. The normalized spacial score (nSPS) is 20.2. The number of amides is 2. The Morgan fingerprint density at radius 2 is 1.78 bits per heavy atom. The highest BCUT2D eigenvalue weighted by molar-refractivity contribution is 7.19. The first kappa shape index (κ1) is 25.2. The zero-order chi connectivity index (χ0) is 25.1. The molecule has 36 heavy (non-hydrogen) atoms. The summed E-state index contributed by atoms with van der Waals surface area (Å²) in [4.78, 5) is 31.2. The van der Waals surface area contributed by atoms with Gasteiger partial charge < -0.3 is 25.0 Å². The van der Waals surface area contributed by atoms with E-state index in [1.165, 1.54) is 0 Å². The highest BCUT2D eigenvalue weighted by Gasteiger charge is 2.37. The fraction of sp³-hybridized carbons (Fsp3) is 0.556. The molecule has 8 nitrogen and oxygen atoms in total. The molecule has 1 aliphatic carbocycles. The molecule has 2 fully saturated rings. The Balaban J connectivity index is 1.36. The van der Waals surface area contributed by atoms with E-state index in [0.29, 0.717) is 26.2 Å². The predicted molar refractivity (Wildman–Crippen MR) is 143 cm³/mol. The molecule has 3 aliphatic rings. The minimum atomic E-state index is -0.211. The van der Waals surface area contributed by atoms with Gasteiger partial charge in [-0.2, -0.15) is 0 Å². The number of carbonyl (C=O) groups excluding carboxylic acids is 2. The molecule has 194 valence electrons. The molecular formula is C27H36N4O4S. The van der Waals surface area contributed by atoms with Crippen molar-refractivity contribution in [1.29, 1.82) is 0 Å². The molecule has 0 spiro atoms. The molecule has 0 atom stereocenters. The summed E-state index contributed by atoms with van der Waals surface area (Å²) in [6, 6.07) is 7.78. The third-order valence-electron chi connectivity index (χ3n) is 7.06. The van der Waals surface area contributed by atoms with Gasteiger partial charge in [0.15, 0.2) is 5.78 Å². The lowest BCUT2D eigenvalue weighted by atomic mass is 9.75. The molecule has 5 rings (SSSR count). The van der Waals surface area contributed by atoms with E-state index < -0.39 is 0 Å². The molecule has 1 aromatic heterocycles. The van der Waals surface area contributed by atoms with Crippen molar-refractivity contribution in [3.63, 3.8) is 0 Å². The van der Waals surface area contributed by atoms with Crippen LogP contribution in [-0.4, -0.2) is 82.4 Å². The highest BCUT2D eigenvalue weighted by atomic mass is 32.1. The molecule has 2 saturated heterocycles. The van der Waals surface area contributed by atoms with Crippen LogP contribution in [0.3, 0.4) is 0 Å². The van der Waals surface area contributed by atoms with Crippen molar-refractivity contribution in [3.8, 4) is 11.1 Å². The smallest absolute Gasteiger partial charge is 0.319 e. The number of ketones is 1. The second-order valence-electron chi connectivity index (χ2n) is 10.5. The van der Waals surface area contributed by atoms with Crippen LogP contribution in [0.1, 0.15) is 35.5 Å². The van der Waals surface area contributed by atoms with Gasteiger partial charge in [0, 0.05) is 56.9 Å². The van der Waals surface area contributed by atoms with Crippen molar-refractivity contribution in [2.75, 3.05) is 75.9 Å². The first-order chi connectivity index (χ1) is 17.4. The molecule has 0 radical (unpaired) electrons. The number of rotatable bonds is 6. The van der Waals surface area contributed by atoms with Crippen LogP contribution in [0.25, 0.3) is 11.1 Å². The average Bonchev–Trinajstić information content (AvgIpc) is 3.24. The van der Waals surface area contributed by atoms with Crippen molar-refractivity contribution in [1.82, 2.24) is 10.2 Å². The van der Waals surface area contributed by atoms with Crippen LogP contribution >= 0.6 is 11.3 Å². The van der Waals surface area contributed by atoms with Gasteiger partial charge in [-0.3, -0.25) is 9.69 Å². The zero-order valence-corrected chi connectivity index (χ0v) is 22.0. The lowest BCUT2D eigenvalue weighted by Crippen LogP contribution is -2.42. The van der Waals surface area contributed by atoms with E-state index in [9.17, 15) is 9.59 Å². The number of anilines is 2. The predicted octanol–water partition coefficient (Wildman–Crippen LogP) is 3.86. The van der Waals surface area contributed by atoms with Crippen LogP contribution in [0.4, 0.5) is 15.5 Å². The third kappa shape index (κ3) is 5.75. The largest absolute Gasteiger partial charge is 0.379 e. The van der Waals surface area contributed by atoms with E-state index in [1.54, 1.807) is 11.3 Å². The zero-order valence-electron chi connectivity index (χ0n) is 21.2. The minimum Gasteiger partial charge on any atom is -0.379 e. The Morgan fingerprint density at radius 1 is 1.06 bits per heavy atom. The van der Waals surface area contributed by atoms with Crippen molar-refractivity contribution >= 4 is 33.8 Å². The summed E-state index contributed by atoms with van der Waals surface area (Å²) in [7, 11) is 0. The third-order valence-corrected chi connectivity index (χ3v) is 8.39. The van der Waals surface area contributed by atoms with Crippen LogP contribution in [0.2, 0.25) is 0 Å². The van der Waals surface area contributed by atoms with E-state index in [-0.39, 0.29) is 17.2 Å². The first-order valence-corrected chi connectivity index (χ1v) is 13.7. The van der Waals surface area contributed by atoms with Gasteiger partial charge >= 0.3 is 6.03 Å². The second kappa shape index (κ2) is 10.9. The summed E-state index contributed by atoms with van der Waals surface area (Å²) in [5, 5.41) is 7.10. The molecule has 2 aromatic rings. The number of fused-ring (bicyclic) bond motifs is 1. The summed E-state index contributed by atoms with van der Waals surface area (Å²) in [6.45, 7) is 12.0. The van der Waals surface area contributed by atoms with Crippen LogP contribution in [0.15, 0.2) is 24.3 Å². The number of ether oxygens (including phenoxy) is 2. The molecule has 3 heterocycles. The van der Waals surface area contributed by atoms with Crippen molar-refractivity contribution in [3.05, 3.63) is 34.7 Å². The molecule has 2 aliphatic heterocycles. The average molecular weight is 513 g/mol. The molecule has 2 amide bonds. The summed E-state index contributed by atoms with van der Waals surface area (Å²) >= 11 is 1.62. The van der Waals surface area contributed by atoms with Crippen LogP contribution in [0.5, 0.6) is 0 Å². The number of hydrogen-bond acceptors (Lipinski definition) is 7. The van der Waals surface area contributed by atoms with Crippen LogP contribution < -0.4 is 15.5 Å². The van der Waals surface area contributed by atoms with Crippen molar-refractivity contribution in [2.24, 2.45) is 5.41 Å². The fourth-order valence-corrected chi connectivity index (χ4v) is 6.60. The fourth-order valence-electron chi connectivity index (χ4n) is 5.27. The Kier molecular flexibility index (Phi) is 7.62. The van der Waals surface area contributed by atoms with Gasteiger partial charge in [0.2, 0.25) is 0 Å². The number of carbonyl (C=O) groups is 2. The first-order valence-electron chi connectivity index (χ1n) is 12.9. The van der Waals surface area contributed by atoms with Gasteiger partial charge in [0.25, 0.3) is 0 Å². The Hall–Kier alpha value is -2.46. The van der Waals surface area contributed by atoms with E-state index in [4.69, 9.17) is 9.47 Å². The maximum absolute atomic E-state index is 13.1. The number of nitrogens with zero attached hydrogens (tertiary/aromatic N) is 2. The lowest BCUT2D eigenvalue weighted by molar-refractivity contribution is 0.0388. The Bertz CT molecular complexity index is 1100. The maximum Gasteiger partial charge on any atom is 0.319 e. The SMILES string of the molecule is CC1(C)CC(=O)c2sc(N3CCOCC3)c(-c3cccc(NC(=O)NCCN4CCOCC4)c3)c2C1. The topological polar surface area (TPSA) is 83.1 Å². The number of thiophene rings is 1.